The van der Waals surface area contributed by atoms with Crippen LogP contribution < -0.4 is 10.1 Å². The number of carbonyl (C=O) groups excluding carboxylic acids is 1. The zero-order valence-corrected chi connectivity index (χ0v) is 16.7. The highest BCUT2D eigenvalue weighted by molar-refractivity contribution is 6.06. The first-order valence-corrected chi connectivity index (χ1v) is 9.87. The topological polar surface area (TPSA) is 58.0 Å². The van der Waals surface area contributed by atoms with Gasteiger partial charge in [-0.1, -0.05) is 25.1 Å². The van der Waals surface area contributed by atoms with Crippen LogP contribution in [0.5, 0.6) is 5.75 Å². The third kappa shape index (κ3) is 3.40. The lowest BCUT2D eigenvalue weighted by molar-refractivity contribution is -0.133. The van der Waals surface area contributed by atoms with E-state index in [9.17, 15) is 4.79 Å². The fourth-order valence-electron chi connectivity index (χ4n) is 3.89. The molecule has 0 saturated carbocycles. The molecule has 1 saturated heterocycles. The summed E-state index contributed by atoms with van der Waals surface area (Å²) in [6.07, 6.45) is 0. The van der Waals surface area contributed by atoms with Gasteiger partial charge in [-0.2, -0.15) is 0 Å². The summed E-state index contributed by atoms with van der Waals surface area (Å²) in [5, 5.41) is 5.39. The molecule has 28 heavy (non-hydrogen) atoms. The van der Waals surface area contributed by atoms with Crippen LogP contribution in [0.15, 0.2) is 40.8 Å². The third-order valence-corrected chi connectivity index (χ3v) is 5.57. The van der Waals surface area contributed by atoms with Crippen molar-refractivity contribution in [2.75, 3.05) is 45.2 Å². The van der Waals surface area contributed by atoms with Crippen LogP contribution in [0, 0.1) is 0 Å². The maximum Gasteiger partial charge on any atom is 0.244 e. The minimum Gasteiger partial charge on any atom is -0.495 e. The Morgan fingerprint density at radius 1 is 1.14 bits per heavy atom. The van der Waals surface area contributed by atoms with Gasteiger partial charge in [-0.3, -0.25) is 4.79 Å². The van der Waals surface area contributed by atoms with Crippen LogP contribution in [-0.2, 0) is 4.79 Å². The number of hydrogen-bond acceptors (Lipinski definition) is 5. The molecule has 1 N–H and O–H groups in total. The van der Waals surface area contributed by atoms with Crippen molar-refractivity contribution in [3.05, 3.63) is 36.4 Å². The molecule has 0 bridgehead atoms. The summed E-state index contributed by atoms with van der Waals surface area (Å²) in [5.41, 5.74) is 2.39. The monoisotopic (exact) mass is 381 g/mol. The maximum absolute atomic E-state index is 12.9. The van der Waals surface area contributed by atoms with E-state index in [0.717, 1.165) is 60.3 Å². The van der Waals surface area contributed by atoms with E-state index in [1.807, 2.05) is 48.2 Å². The number of ether oxygens (including phenoxy) is 1. The highest BCUT2D eigenvalue weighted by Gasteiger charge is 2.25. The molecule has 0 radical (unpaired) electrons. The molecular formula is C22H27N3O3. The van der Waals surface area contributed by atoms with Gasteiger partial charge in [-0.15, -0.1) is 0 Å². The van der Waals surface area contributed by atoms with E-state index < -0.39 is 0 Å². The lowest BCUT2D eigenvalue weighted by Gasteiger charge is -2.35. The van der Waals surface area contributed by atoms with Gasteiger partial charge in [0, 0.05) is 43.0 Å². The molecule has 1 aliphatic rings. The number of nitrogens with one attached hydrogen (secondary N) is 1. The third-order valence-electron chi connectivity index (χ3n) is 5.57. The molecule has 0 aliphatic carbocycles. The predicted molar refractivity (Wildman–Crippen MR) is 112 cm³/mol. The molecule has 1 fully saturated rings. The summed E-state index contributed by atoms with van der Waals surface area (Å²) < 4.78 is 11.6. The normalized spacial score (nSPS) is 16.5. The van der Waals surface area contributed by atoms with Gasteiger partial charge in [0.1, 0.15) is 23.0 Å². The van der Waals surface area contributed by atoms with E-state index in [1.54, 1.807) is 7.11 Å². The Hall–Kier alpha value is -2.73. The van der Waals surface area contributed by atoms with Gasteiger partial charge < -0.3 is 24.3 Å². The van der Waals surface area contributed by atoms with E-state index in [0.29, 0.717) is 5.75 Å². The standard InChI is InChI=1S/C22H27N3O3/c1-4-24-9-11-25(12-10-24)22(26)15(2)23-18-14-20-17(13-21(18)27-3)16-7-5-6-8-19(16)28-20/h5-8,13-15,23H,4,9-12H2,1-3H3/t15-/m1/s1. The summed E-state index contributed by atoms with van der Waals surface area (Å²) in [6, 6.07) is 11.5. The van der Waals surface area contributed by atoms with Gasteiger partial charge in [0.15, 0.2) is 0 Å². The molecule has 1 aliphatic heterocycles. The largest absolute Gasteiger partial charge is 0.495 e. The van der Waals surface area contributed by atoms with E-state index in [-0.39, 0.29) is 11.9 Å². The van der Waals surface area contributed by atoms with Crippen molar-refractivity contribution < 1.29 is 13.9 Å². The number of fused-ring (bicyclic) bond motifs is 3. The van der Waals surface area contributed by atoms with E-state index in [2.05, 4.69) is 17.1 Å². The zero-order chi connectivity index (χ0) is 19.7. The number of likely N-dealkylation sites (N-methyl/N-ethyl adjacent to an activating group) is 1. The molecule has 6 heteroatoms. The van der Waals surface area contributed by atoms with Crippen molar-refractivity contribution in [1.82, 2.24) is 9.80 Å². The van der Waals surface area contributed by atoms with Crippen LogP contribution in [0.25, 0.3) is 21.9 Å². The first kappa shape index (κ1) is 18.6. The summed E-state index contributed by atoms with van der Waals surface area (Å²) in [4.78, 5) is 17.2. The Balaban J connectivity index is 1.56. The van der Waals surface area contributed by atoms with Gasteiger partial charge in [0.2, 0.25) is 5.91 Å². The number of anilines is 1. The van der Waals surface area contributed by atoms with Crippen molar-refractivity contribution in [1.29, 1.82) is 0 Å². The lowest BCUT2D eigenvalue weighted by atomic mass is 10.1. The SMILES string of the molecule is CCN1CCN(C(=O)[C@@H](C)Nc2cc3oc4ccccc4c3cc2OC)CC1. The Bertz CT molecular complexity index is 989. The zero-order valence-electron chi connectivity index (χ0n) is 16.7. The molecule has 1 amide bonds. The van der Waals surface area contributed by atoms with Crippen LogP contribution in [0.4, 0.5) is 5.69 Å². The van der Waals surface area contributed by atoms with E-state index >= 15 is 0 Å². The van der Waals surface area contributed by atoms with Crippen LogP contribution in [0.1, 0.15) is 13.8 Å². The van der Waals surface area contributed by atoms with Gasteiger partial charge in [0.25, 0.3) is 0 Å². The van der Waals surface area contributed by atoms with Crippen LogP contribution in [0.3, 0.4) is 0 Å². The van der Waals surface area contributed by atoms with Crippen LogP contribution >= 0.6 is 0 Å². The molecule has 2 aromatic carbocycles. The number of amides is 1. The minimum absolute atomic E-state index is 0.113. The van der Waals surface area contributed by atoms with E-state index in [4.69, 9.17) is 9.15 Å². The number of piperazine rings is 1. The molecule has 1 atom stereocenters. The second-order valence-electron chi connectivity index (χ2n) is 7.27. The van der Waals surface area contributed by atoms with Crippen molar-refractivity contribution >= 4 is 33.5 Å². The number of carbonyl (C=O) groups is 1. The average molecular weight is 381 g/mol. The first-order chi connectivity index (χ1) is 13.6. The van der Waals surface area contributed by atoms with Crippen molar-refractivity contribution in [3.8, 4) is 5.75 Å². The quantitative estimate of drug-likeness (QED) is 0.732. The minimum atomic E-state index is -0.344. The Morgan fingerprint density at radius 3 is 2.61 bits per heavy atom. The number of furan rings is 1. The number of methoxy groups -OCH3 is 1. The smallest absolute Gasteiger partial charge is 0.244 e. The summed E-state index contributed by atoms with van der Waals surface area (Å²) in [6.45, 7) is 8.51. The van der Waals surface area contributed by atoms with Crippen LogP contribution in [-0.4, -0.2) is 61.6 Å². The number of hydrogen-bond donors (Lipinski definition) is 1. The molecule has 2 heterocycles. The Kier molecular flexibility index (Phi) is 5.13. The van der Waals surface area contributed by atoms with Gasteiger partial charge in [-0.25, -0.2) is 0 Å². The number of benzene rings is 2. The fourth-order valence-corrected chi connectivity index (χ4v) is 3.89. The molecule has 6 nitrogen and oxygen atoms in total. The van der Waals surface area contributed by atoms with Crippen molar-refractivity contribution in [2.24, 2.45) is 0 Å². The number of para-hydroxylation sites is 1. The second-order valence-corrected chi connectivity index (χ2v) is 7.27. The second kappa shape index (κ2) is 7.72. The molecule has 4 rings (SSSR count). The first-order valence-electron chi connectivity index (χ1n) is 9.87. The summed E-state index contributed by atoms with van der Waals surface area (Å²) >= 11 is 0. The summed E-state index contributed by atoms with van der Waals surface area (Å²) in [7, 11) is 1.64. The van der Waals surface area contributed by atoms with Gasteiger partial charge in [0.05, 0.1) is 12.8 Å². The summed E-state index contributed by atoms with van der Waals surface area (Å²) in [5.74, 6) is 0.817. The Labute approximate surface area is 165 Å². The lowest BCUT2D eigenvalue weighted by Crippen LogP contribution is -2.52. The molecule has 0 unspecified atom stereocenters. The number of nitrogens with zero attached hydrogens (tertiary/aromatic N) is 2. The fraction of sp³-hybridized carbons (Fsp3) is 0.409. The van der Waals surface area contributed by atoms with Crippen molar-refractivity contribution in [2.45, 2.75) is 19.9 Å². The van der Waals surface area contributed by atoms with Gasteiger partial charge >= 0.3 is 0 Å². The number of rotatable bonds is 5. The predicted octanol–water partition coefficient (Wildman–Crippen LogP) is 3.56. The Morgan fingerprint density at radius 2 is 1.89 bits per heavy atom. The maximum atomic E-state index is 12.9. The molecule has 148 valence electrons. The average Bonchev–Trinajstić information content (AvgIpc) is 3.10. The molecule has 1 aromatic heterocycles. The van der Waals surface area contributed by atoms with Gasteiger partial charge in [-0.05, 0) is 25.6 Å². The van der Waals surface area contributed by atoms with E-state index in [1.165, 1.54) is 0 Å². The molecule has 3 aromatic rings. The molecule has 0 spiro atoms. The van der Waals surface area contributed by atoms with Crippen LogP contribution in [0.2, 0.25) is 0 Å². The van der Waals surface area contributed by atoms with Crippen molar-refractivity contribution in [3.63, 3.8) is 0 Å². The molecular weight excluding hydrogens is 354 g/mol. The highest BCUT2D eigenvalue weighted by atomic mass is 16.5. The highest BCUT2D eigenvalue weighted by Crippen LogP contribution is 2.36.